The maximum atomic E-state index is 12.5. The van der Waals surface area contributed by atoms with E-state index in [4.69, 9.17) is 4.42 Å². The van der Waals surface area contributed by atoms with E-state index in [2.05, 4.69) is 12.2 Å². The van der Waals surface area contributed by atoms with Gasteiger partial charge in [0.05, 0.1) is 0 Å². The van der Waals surface area contributed by atoms with Crippen molar-refractivity contribution >= 4 is 5.91 Å². The van der Waals surface area contributed by atoms with Gasteiger partial charge in [-0.05, 0) is 56.6 Å². The third kappa shape index (κ3) is 2.46. The predicted octanol–water partition coefficient (Wildman–Crippen LogP) is 3.55. The Morgan fingerprint density at radius 2 is 2.21 bits per heavy atom. The Labute approximate surface area is 114 Å². The minimum absolute atomic E-state index is 0.0572. The van der Waals surface area contributed by atoms with Crippen LogP contribution >= 0.6 is 0 Å². The van der Waals surface area contributed by atoms with Crippen molar-refractivity contribution in [3.8, 4) is 0 Å². The second-order valence-corrected chi connectivity index (χ2v) is 5.95. The number of hydrogen-bond donors (Lipinski definition) is 0. The molecule has 3 heteroatoms. The minimum atomic E-state index is 0.0572. The molecule has 0 unspecified atom stereocenters. The summed E-state index contributed by atoms with van der Waals surface area (Å²) >= 11 is 0. The largest absolute Gasteiger partial charge is 0.456 e. The van der Waals surface area contributed by atoms with E-state index in [0.717, 1.165) is 38.1 Å². The molecule has 19 heavy (non-hydrogen) atoms. The predicted molar refractivity (Wildman–Crippen MR) is 74.0 cm³/mol. The second kappa shape index (κ2) is 4.87. The lowest BCUT2D eigenvalue weighted by Gasteiger charge is -2.43. The molecule has 1 aliphatic heterocycles. The fraction of sp³-hybridized carbons (Fsp3) is 0.562. The fourth-order valence-electron chi connectivity index (χ4n) is 3.40. The van der Waals surface area contributed by atoms with Crippen LogP contribution in [0.3, 0.4) is 0 Å². The van der Waals surface area contributed by atoms with Crippen molar-refractivity contribution in [3.63, 3.8) is 0 Å². The monoisotopic (exact) mass is 259 g/mol. The molecule has 1 fully saturated rings. The van der Waals surface area contributed by atoms with Crippen LogP contribution in [0.15, 0.2) is 28.7 Å². The highest BCUT2D eigenvalue weighted by molar-refractivity contribution is 5.91. The zero-order valence-electron chi connectivity index (χ0n) is 11.5. The van der Waals surface area contributed by atoms with Crippen LogP contribution in [0, 0.1) is 12.3 Å². The number of piperidine rings is 1. The van der Waals surface area contributed by atoms with E-state index in [1.807, 2.05) is 17.9 Å². The summed E-state index contributed by atoms with van der Waals surface area (Å²) in [5.74, 6) is 1.35. The highest BCUT2D eigenvalue weighted by Crippen LogP contribution is 2.41. The van der Waals surface area contributed by atoms with Crippen LogP contribution in [0.2, 0.25) is 0 Å². The SMILES string of the molecule is Cc1ccc(C(=O)N2CCC[C@]3(CC=CCC3)C2)o1. The van der Waals surface area contributed by atoms with Gasteiger partial charge >= 0.3 is 0 Å². The zero-order valence-corrected chi connectivity index (χ0v) is 11.5. The molecule has 1 atom stereocenters. The number of carbonyl (C=O) groups excluding carboxylic acids is 1. The first-order valence-electron chi connectivity index (χ1n) is 7.19. The van der Waals surface area contributed by atoms with Gasteiger partial charge in [0.1, 0.15) is 5.76 Å². The topological polar surface area (TPSA) is 33.5 Å². The standard InChI is InChI=1S/C16H21NO2/c1-13-6-7-14(19-13)15(18)17-11-5-10-16(12-17)8-3-2-4-9-16/h2-3,6-7H,4-5,8-12H2,1H3/t16-/m1/s1. The van der Waals surface area contributed by atoms with E-state index in [9.17, 15) is 4.79 Å². The lowest BCUT2D eigenvalue weighted by atomic mass is 9.71. The minimum Gasteiger partial charge on any atom is -0.456 e. The number of rotatable bonds is 1. The van der Waals surface area contributed by atoms with Crippen molar-refractivity contribution in [2.24, 2.45) is 5.41 Å². The van der Waals surface area contributed by atoms with Gasteiger partial charge in [0.25, 0.3) is 5.91 Å². The molecule has 0 radical (unpaired) electrons. The summed E-state index contributed by atoms with van der Waals surface area (Å²) < 4.78 is 5.47. The van der Waals surface area contributed by atoms with Crippen molar-refractivity contribution in [2.45, 2.75) is 39.0 Å². The van der Waals surface area contributed by atoms with Crippen molar-refractivity contribution < 1.29 is 9.21 Å². The molecule has 0 aromatic carbocycles. The van der Waals surface area contributed by atoms with Crippen LogP contribution in [0.1, 0.15) is 48.4 Å². The van der Waals surface area contributed by atoms with Crippen LogP contribution in [0.25, 0.3) is 0 Å². The Kier molecular flexibility index (Phi) is 3.21. The Balaban J connectivity index is 1.74. The number of likely N-dealkylation sites (tertiary alicyclic amines) is 1. The second-order valence-electron chi connectivity index (χ2n) is 5.95. The molecule has 0 bridgehead atoms. The fourth-order valence-corrected chi connectivity index (χ4v) is 3.40. The Morgan fingerprint density at radius 3 is 2.89 bits per heavy atom. The number of nitrogens with zero attached hydrogens (tertiary/aromatic N) is 1. The summed E-state index contributed by atoms with van der Waals surface area (Å²) in [5, 5.41) is 0. The summed E-state index contributed by atoms with van der Waals surface area (Å²) in [6, 6.07) is 3.65. The highest BCUT2D eigenvalue weighted by atomic mass is 16.3. The van der Waals surface area contributed by atoms with Crippen molar-refractivity contribution in [1.82, 2.24) is 4.90 Å². The molecule has 1 saturated heterocycles. The molecule has 2 aliphatic rings. The quantitative estimate of drug-likeness (QED) is 0.723. The van der Waals surface area contributed by atoms with Crippen molar-refractivity contribution in [2.75, 3.05) is 13.1 Å². The number of aryl methyl sites for hydroxylation is 1. The first-order chi connectivity index (χ1) is 9.19. The average Bonchev–Trinajstić information content (AvgIpc) is 2.85. The maximum absolute atomic E-state index is 12.5. The van der Waals surface area contributed by atoms with Gasteiger partial charge in [-0.1, -0.05) is 12.2 Å². The molecule has 1 aromatic heterocycles. The number of amides is 1. The summed E-state index contributed by atoms with van der Waals surface area (Å²) in [4.78, 5) is 14.4. The summed E-state index contributed by atoms with van der Waals surface area (Å²) in [6.07, 6.45) is 10.4. The van der Waals surface area contributed by atoms with Crippen LogP contribution < -0.4 is 0 Å². The molecule has 1 aromatic rings. The number of furan rings is 1. The third-order valence-corrected chi connectivity index (χ3v) is 4.46. The molecule has 1 amide bonds. The van der Waals surface area contributed by atoms with Crippen molar-refractivity contribution in [3.05, 3.63) is 35.8 Å². The Bertz CT molecular complexity index is 503. The van der Waals surface area contributed by atoms with Gasteiger partial charge in [-0.25, -0.2) is 0 Å². The average molecular weight is 259 g/mol. The van der Waals surface area contributed by atoms with E-state index >= 15 is 0 Å². The highest BCUT2D eigenvalue weighted by Gasteiger charge is 2.37. The number of allylic oxidation sites excluding steroid dienone is 2. The van der Waals surface area contributed by atoms with Gasteiger partial charge in [-0.15, -0.1) is 0 Å². The molecule has 2 heterocycles. The van der Waals surface area contributed by atoms with Gasteiger partial charge in [0, 0.05) is 13.1 Å². The lowest BCUT2D eigenvalue weighted by molar-refractivity contribution is 0.0455. The van der Waals surface area contributed by atoms with Gasteiger partial charge in [0.2, 0.25) is 0 Å². The Morgan fingerprint density at radius 1 is 1.32 bits per heavy atom. The van der Waals surface area contributed by atoms with Gasteiger partial charge in [-0.3, -0.25) is 4.79 Å². The molecule has 3 rings (SSSR count). The van der Waals surface area contributed by atoms with Crippen LogP contribution in [-0.4, -0.2) is 23.9 Å². The first-order valence-corrected chi connectivity index (χ1v) is 7.19. The van der Waals surface area contributed by atoms with E-state index in [1.165, 1.54) is 12.8 Å². The van der Waals surface area contributed by atoms with Crippen LogP contribution in [-0.2, 0) is 0 Å². The number of carbonyl (C=O) groups is 1. The van der Waals surface area contributed by atoms with Gasteiger partial charge < -0.3 is 9.32 Å². The maximum Gasteiger partial charge on any atom is 0.289 e. The van der Waals surface area contributed by atoms with E-state index in [1.54, 1.807) is 6.07 Å². The van der Waals surface area contributed by atoms with E-state index < -0.39 is 0 Å². The summed E-state index contributed by atoms with van der Waals surface area (Å²) in [6.45, 7) is 3.63. The number of hydrogen-bond acceptors (Lipinski definition) is 2. The molecule has 3 nitrogen and oxygen atoms in total. The molecule has 0 N–H and O–H groups in total. The van der Waals surface area contributed by atoms with E-state index in [-0.39, 0.29) is 5.91 Å². The van der Waals surface area contributed by atoms with Gasteiger partial charge in [0.15, 0.2) is 5.76 Å². The zero-order chi connectivity index (χ0) is 13.3. The summed E-state index contributed by atoms with van der Waals surface area (Å²) in [7, 11) is 0. The van der Waals surface area contributed by atoms with Crippen molar-refractivity contribution in [1.29, 1.82) is 0 Å². The van der Waals surface area contributed by atoms with Gasteiger partial charge in [-0.2, -0.15) is 0 Å². The Hall–Kier alpha value is -1.51. The molecule has 0 saturated carbocycles. The molecular weight excluding hydrogens is 238 g/mol. The van der Waals surface area contributed by atoms with E-state index in [0.29, 0.717) is 11.2 Å². The normalized spacial score (nSPS) is 26.9. The molecule has 1 aliphatic carbocycles. The molecule has 1 spiro atoms. The molecule has 102 valence electrons. The smallest absolute Gasteiger partial charge is 0.289 e. The van der Waals surface area contributed by atoms with Crippen LogP contribution in [0.5, 0.6) is 0 Å². The third-order valence-electron chi connectivity index (χ3n) is 4.46. The lowest BCUT2D eigenvalue weighted by Crippen LogP contribution is -2.46. The summed E-state index contributed by atoms with van der Waals surface area (Å²) in [5.41, 5.74) is 0.324. The molecular formula is C16H21NO2. The van der Waals surface area contributed by atoms with Crippen LogP contribution in [0.4, 0.5) is 0 Å². The first kappa shape index (κ1) is 12.5.